The molecule has 1 aliphatic heterocycles. The van der Waals surface area contributed by atoms with Gasteiger partial charge in [0.15, 0.2) is 0 Å². The second-order valence-electron chi connectivity index (χ2n) is 6.79. The number of primary amides is 1. The van der Waals surface area contributed by atoms with Crippen molar-refractivity contribution in [3.8, 4) is 11.1 Å². The van der Waals surface area contributed by atoms with E-state index in [-0.39, 0.29) is 0 Å². The van der Waals surface area contributed by atoms with Crippen LogP contribution in [-0.4, -0.2) is 38.4 Å². The Morgan fingerprint density at radius 2 is 1.76 bits per heavy atom. The normalized spacial score (nSPS) is 12.3. The third-order valence-electron chi connectivity index (χ3n) is 5.09. The van der Waals surface area contributed by atoms with Crippen molar-refractivity contribution < 1.29 is 14.8 Å². The second kappa shape index (κ2) is 6.40. The lowest BCUT2D eigenvalue weighted by Gasteiger charge is -2.10. The molecule has 1 aliphatic rings. The highest BCUT2D eigenvalue weighted by Gasteiger charge is 2.25. The summed E-state index contributed by atoms with van der Waals surface area (Å²) in [7, 11) is -1.54. The summed E-state index contributed by atoms with van der Waals surface area (Å²) in [6.07, 6.45) is 3.29. The Hall–Kier alpha value is -3.75. The summed E-state index contributed by atoms with van der Waals surface area (Å²) in [5, 5.41) is 23.1. The van der Waals surface area contributed by atoms with Crippen LogP contribution in [0.15, 0.2) is 72.0 Å². The Morgan fingerprint density at radius 3 is 2.48 bits per heavy atom. The quantitative estimate of drug-likeness (QED) is 0.408. The molecule has 0 bridgehead atoms. The van der Waals surface area contributed by atoms with E-state index in [0.717, 1.165) is 22.2 Å². The molecule has 1 amide bonds. The van der Waals surface area contributed by atoms with Crippen LogP contribution in [0.5, 0.6) is 0 Å². The Kier molecular flexibility index (Phi) is 3.83. The number of rotatable bonds is 3. The highest BCUT2D eigenvalue weighted by molar-refractivity contribution is 6.58. The van der Waals surface area contributed by atoms with Gasteiger partial charge in [0.2, 0.25) is 0 Å². The maximum atomic E-state index is 12.1. The van der Waals surface area contributed by atoms with Crippen molar-refractivity contribution in [2.24, 2.45) is 10.7 Å². The topological polar surface area (TPSA) is 113 Å². The molecule has 3 heterocycles. The van der Waals surface area contributed by atoms with Crippen LogP contribution in [0, 0.1) is 0 Å². The van der Waals surface area contributed by atoms with E-state index in [2.05, 4.69) is 5.10 Å². The van der Waals surface area contributed by atoms with E-state index in [1.165, 1.54) is 6.20 Å². The van der Waals surface area contributed by atoms with Gasteiger partial charge in [0.25, 0.3) is 5.91 Å². The molecule has 0 spiro atoms. The molecule has 0 saturated heterocycles. The van der Waals surface area contributed by atoms with Crippen molar-refractivity contribution >= 4 is 35.4 Å². The minimum Gasteiger partial charge on any atom is -0.423 e. The van der Waals surface area contributed by atoms with Gasteiger partial charge in [0.05, 0.1) is 28.7 Å². The first-order valence-electron chi connectivity index (χ1n) is 8.99. The third-order valence-corrected chi connectivity index (χ3v) is 5.09. The molecule has 8 heteroatoms. The molecular formula is C21H15BN4O3. The number of para-hydroxylation sites is 1. The van der Waals surface area contributed by atoms with Gasteiger partial charge in [-0.15, -0.1) is 0 Å². The Morgan fingerprint density at radius 1 is 1.00 bits per heavy atom. The Balaban J connectivity index is 1.85. The monoisotopic (exact) mass is 382 g/mol. The number of amides is 1. The molecule has 29 heavy (non-hydrogen) atoms. The molecule has 2 aromatic carbocycles. The fourth-order valence-corrected chi connectivity index (χ4v) is 3.73. The van der Waals surface area contributed by atoms with Crippen LogP contribution >= 0.6 is 0 Å². The van der Waals surface area contributed by atoms with Gasteiger partial charge in [-0.1, -0.05) is 42.5 Å². The lowest BCUT2D eigenvalue weighted by Crippen LogP contribution is -2.29. The molecular weight excluding hydrogens is 367 g/mol. The van der Waals surface area contributed by atoms with E-state index in [4.69, 9.17) is 10.7 Å². The molecule has 4 aromatic rings. The fourth-order valence-electron chi connectivity index (χ4n) is 3.73. The van der Waals surface area contributed by atoms with Crippen LogP contribution in [-0.2, 0) is 0 Å². The summed E-state index contributed by atoms with van der Waals surface area (Å²) < 4.78 is 1.71. The number of fused-ring (bicyclic) bond motifs is 2. The van der Waals surface area contributed by atoms with Gasteiger partial charge in [-0.25, -0.2) is 9.51 Å². The van der Waals surface area contributed by atoms with Crippen LogP contribution in [0.25, 0.3) is 16.6 Å². The number of aromatic nitrogens is 2. The predicted octanol–water partition coefficient (Wildman–Crippen LogP) is 1.26. The molecule has 0 unspecified atom stereocenters. The maximum absolute atomic E-state index is 12.1. The average molecular weight is 382 g/mol. The summed E-state index contributed by atoms with van der Waals surface area (Å²) in [6, 6.07) is 16.3. The molecule has 0 fully saturated rings. The summed E-state index contributed by atoms with van der Waals surface area (Å²) in [4.78, 5) is 17.0. The number of hydrogen-bond acceptors (Lipinski definition) is 5. The number of hydrogen-bond donors (Lipinski definition) is 3. The first-order chi connectivity index (χ1) is 14.0. The summed E-state index contributed by atoms with van der Waals surface area (Å²) in [5.74, 6) is -0.554. The van der Waals surface area contributed by atoms with Crippen LogP contribution in [0.3, 0.4) is 0 Å². The van der Waals surface area contributed by atoms with Gasteiger partial charge in [-0.3, -0.25) is 4.79 Å². The van der Waals surface area contributed by atoms with E-state index < -0.39 is 13.0 Å². The highest BCUT2D eigenvalue weighted by atomic mass is 16.4. The van der Waals surface area contributed by atoms with E-state index in [1.54, 1.807) is 28.8 Å². The van der Waals surface area contributed by atoms with Gasteiger partial charge < -0.3 is 15.8 Å². The summed E-state index contributed by atoms with van der Waals surface area (Å²) in [5.41, 5.74) is 11.6. The standard InChI is InChI=1S/C21H15BN4O3/c23-21(27)16-11-24-26-10-9-15-19(12-5-7-13(8-6-12)22(28)29)25-17-4-2-1-3-14(17)18(16)20(15)26/h1-11,28-29H,(H2,23,27). The van der Waals surface area contributed by atoms with Gasteiger partial charge in [0.1, 0.15) is 0 Å². The van der Waals surface area contributed by atoms with Crippen molar-refractivity contribution in [2.75, 3.05) is 0 Å². The molecule has 7 nitrogen and oxygen atoms in total. The number of carbonyl (C=O) groups is 1. The lowest BCUT2D eigenvalue weighted by molar-refractivity contribution is 0.100. The molecule has 0 saturated carbocycles. The molecule has 140 valence electrons. The largest absolute Gasteiger partial charge is 0.488 e. The van der Waals surface area contributed by atoms with Crippen molar-refractivity contribution in [1.29, 1.82) is 0 Å². The first-order valence-corrected chi connectivity index (χ1v) is 8.99. The lowest BCUT2D eigenvalue weighted by atomic mass is 9.80. The van der Waals surface area contributed by atoms with E-state index in [1.807, 2.05) is 36.5 Å². The average Bonchev–Trinajstić information content (AvgIpc) is 3.09. The minimum absolute atomic E-state index is 0.333. The summed E-state index contributed by atoms with van der Waals surface area (Å²) >= 11 is 0. The van der Waals surface area contributed by atoms with Crippen LogP contribution in [0.1, 0.15) is 21.5 Å². The van der Waals surface area contributed by atoms with Crippen LogP contribution in [0.2, 0.25) is 0 Å². The zero-order chi connectivity index (χ0) is 20.1. The van der Waals surface area contributed by atoms with Gasteiger partial charge in [-0.2, -0.15) is 5.10 Å². The molecule has 0 radical (unpaired) electrons. The van der Waals surface area contributed by atoms with Crippen LogP contribution < -0.4 is 11.2 Å². The Labute approximate surface area is 165 Å². The van der Waals surface area contributed by atoms with Gasteiger partial charge in [0, 0.05) is 28.5 Å². The zero-order valence-electron chi connectivity index (χ0n) is 15.1. The molecule has 2 aromatic heterocycles. The predicted molar refractivity (Wildman–Crippen MR) is 111 cm³/mol. The number of benzene rings is 2. The van der Waals surface area contributed by atoms with Crippen molar-refractivity contribution in [3.05, 3.63) is 83.7 Å². The fraction of sp³-hybridized carbons (Fsp3) is 0. The number of aliphatic imine (C=N–C) groups is 1. The number of carbonyl (C=O) groups excluding carboxylic acids is 1. The highest BCUT2D eigenvalue weighted by Crippen LogP contribution is 2.40. The first kappa shape index (κ1) is 17.4. The van der Waals surface area contributed by atoms with Crippen LogP contribution in [0.4, 0.5) is 5.69 Å². The van der Waals surface area contributed by atoms with E-state index in [0.29, 0.717) is 28.0 Å². The minimum atomic E-state index is -1.54. The molecule has 0 atom stereocenters. The van der Waals surface area contributed by atoms with Gasteiger partial charge >= 0.3 is 7.12 Å². The molecule has 5 rings (SSSR count). The smallest absolute Gasteiger partial charge is 0.423 e. The van der Waals surface area contributed by atoms with E-state index >= 15 is 0 Å². The van der Waals surface area contributed by atoms with Crippen molar-refractivity contribution in [3.63, 3.8) is 0 Å². The Bertz CT molecular complexity index is 1310. The van der Waals surface area contributed by atoms with E-state index in [9.17, 15) is 14.8 Å². The summed E-state index contributed by atoms with van der Waals surface area (Å²) in [6.45, 7) is 0. The maximum Gasteiger partial charge on any atom is 0.488 e. The van der Waals surface area contributed by atoms with Crippen molar-refractivity contribution in [1.82, 2.24) is 9.61 Å². The number of nitrogens with zero attached hydrogens (tertiary/aromatic N) is 3. The molecule has 0 aliphatic carbocycles. The van der Waals surface area contributed by atoms with Gasteiger partial charge in [-0.05, 0) is 17.6 Å². The SMILES string of the molecule is NC(=O)c1cnn2ccc3c2c1-c1ccccc1N=C3c1ccc(B(O)O)cc1. The van der Waals surface area contributed by atoms with Crippen molar-refractivity contribution in [2.45, 2.75) is 0 Å². The number of nitrogens with two attached hydrogens (primary N) is 1. The third kappa shape index (κ3) is 2.66. The second-order valence-corrected chi connectivity index (χ2v) is 6.79. The molecule has 4 N–H and O–H groups in total. The zero-order valence-corrected chi connectivity index (χ0v) is 15.1.